The van der Waals surface area contributed by atoms with E-state index in [1.807, 2.05) is 13.0 Å². The number of benzene rings is 3. The first-order chi connectivity index (χ1) is 14.8. The van der Waals surface area contributed by atoms with Crippen molar-refractivity contribution in [2.75, 3.05) is 0 Å². The molecule has 2 heterocycles. The summed E-state index contributed by atoms with van der Waals surface area (Å²) in [4.78, 5) is 4.58. The minimum absolute atomic E-state index is 0.115. The van der Waals surface area contributed by atoms with Gasteiger partial charge in [0.1, 0.15) is 16.8 Å². The highest BCUT2D eigenvalue weighted by molar-refractivity contribution is 5.92. The predicted octanol–water partition coefficient (Wildman–Crippen LogP) is 6.18. The average molecular weight is 411 g/mol. The quantitative estimate of drug-likeness (QED) is 0.326. The van der Waals surface area contributed by atoms with Crippen LogP contribution in [0.3, 0.4) is 0 Å². The van der Waals surface area contributed by atoms with Crippen molar-refractivity contribution in [3.8, 4) is 17.1 Å². The number of nitrogens with zero attached hydrogens (tertiary/aromatic N) is 3. The number of para-hydroxylation sites is 2. The molecule has 0 saturated carbocycles. The fourth-order valence-corrected chi connectivity index (χ4v) is 4.45. The maximum absolute atomic E-state index is 6.10. The third-order valence-electron chi connectivity index (χ3n) is 6.10. The molecule has 0 spiro atoms. The first-order valence-electron chi connectivity index (χ1n) is 10.7. The van der Waals surface area contributed by atoms with Gasteiger partial charge in [-0.15, -0.1) is 0 Å². The molecule has 0 aliphatic carbocycles. The van der Waals surface area contributed by atoms with Crippen molar-refractivity contribution in [2.45, 2.75) is 40.0 Å². The minimum atomic E-state index is 0.115. The van der Waals surface area contributed by atoms with Crippen LogP contribution in [0.25, 0.3) is 39.2 Å². The molecule has 0 aliphatic rings. The lowest BCUT2D eigenvalue weighted by atomic mass is 9.87. The summed E-state index contributed by atoms with van der Waals surface area (Å²) in [5, 5.41) is 0. The Morgan fingerprint density at radius 2 is 1.61 bits per heavy atom. The molecule has 0 N–H and O–H groups in total. The van der Waals surface area contributed by atoms with Crippen LogP contribution >= 0.6 is 0 Å². The Morgan fingerprint density at radius 3 is 2.32 bits per heavy atom. The van der Waals surface area contributed by atoms with Crippen LogP contribution in [0.15, 0.2) is 65.1 Å². The summed E-state index contributed by atoms with van der Waals surface area (Å²) in [6, 6.07) is 21.6. The van der Waals surface area contributed by atoms with Gasteiger partial charge in [0.25, 0.3) is 5.82 Å². The summed E-state index contributed by atoms with van der Waals surface area (Å²) < 4.78 is 10.7. The van der Waals surface area contributed by atoms with Gasteiger partial charge in [0, 0.05) is 6.92 Å². The van der Waals surface area contributed by atoms with Crippen molar-refractivity contribution in [3.63, 3.8) is 0 Å². The molecule has 5 aromatic rings. The van der Waals surface area contributed by atoms with E-state index in [0.29, 0.717) is 5.89 Å². The van der Waals surface area contributed by atoms with Crippen LogP contribution < -0.4 is 4.57 Å². The van der Waals surface area contributed by atoms with E-state index >= 15 is 0 Å². The standard InChI is InChI=1S/C27H28N3O/c1-17-11-16-21-25(31-18(2)28-21)24(17)26-29(6)22-9-7-8-10-23(22)30(26)20-14-12-19(13-15-20)27(3,4)5/h7-16H,1-6H3/q+1. The average Bonchev–Trinajstić information content (AvgIpc) is 3.25. The third-order valence-corrected chi connectivity index (χ3v) is 6.10. The second-order valence-corrected chi connectivity index (χ2v) is 9.34. The molecule has 31 heavy (non-hydrogen) atoms. The Morgan fingerprint density at radius 1 is 0.903 bits per heavy atom. The molecule has 0 bridgehead atoms. The van der Waals surface area contributed by atoms with Crippen LogP contribution in [0.5, 0.6) is 0 Å². The maximum Gasteiger partial charge on any atom is 0.299 e. The molecule has 3 aromatic carbocycles. The zero-order valence-corrected chi connectivity index (χ0v) is 19.0. The topological polar surface area (TPSA) is 34.8 Å². The van der Waals surface area contributed by atoms with Gasteiger partial charge in [-0.1, -0.05) is 51.1 Å². The van der Waals surface area contributed by atoms with E-state index in [9.17, 15) is 0 Å². The third kappa shape index (κ3) is 3.05. The zero-order valence-electron chi connectivity index (χ0n) is 19.0. The van der Waals surface area contributed by atoms with Gasteiger partial charge < -0.3 is 4.42 Å². The smallest absolute Gasteiger partial charge is 0.299 e. The fourth-order valence-electron chi connectivity index (χ4n) is 4.45. The zero-order chi connectivity index (χ0) is 21.9. The van der Waals surface area contributed by atoms with Gasteiger partial charge in [0.05, 0.1) is 7.05 Å². The van der Waals surface area contributed by atoms with E-state index in [0.717, 1.165) is 39.3 Å². The van der Waals surface area contributed by atoms with Crippen molar-refractivity contribution in [3.05, 3.63) is 77.7 Å². The summed E-state index contributed by atoms with van der Waals surface area (Å²) in [6.45, 7) is 10.8. The molecular formula is C27H28N3O+. The molecule has 5 rings (SSSR count). The van der Waals surface area contributed by atoms with E-state index in [-0.39, 0.29) is 5.41 Å². The molecule has 4 nitrogen and oxygen atoms in total. The second kappa shape index (κ2) is 6.81. The highest BCUT2D eigenvalue weighted by atomic mass is 16.3. The fraction of sp³-hybridized carbons (Fsp3) is 0.259. The Bertz CT molecular complexity index is 1430. The largest absolute Gasteiger partial charge is 0.440 e. The molecule has 0 fully saturated rings. The molecule has 0 unspecified atom stereocenters. The minimum Gasteiger partial charge on any atom is -0.440 e. The van der Waals surface area contributed by atoms with Crippen molar-refractivity contribution < 1.29 is 8.98 Å². The molecule has 0 radical (unpaired) electrons. The molecule has 0 atom stereocenters. The molecule has 2 aromatic heterocycles. The Balaban J connectivity index is 1.87. The number of oxazole rings is 1. The van der Waals surface area contributed by atoms with E-state index in [1.165, 1.54) is 11.1 Å². The predicted molar refractivity (Wildman–Crippen MR) is 126 cm³/mol. The summed E-state index contributed by atoms with van der Waals surface area (Å²) in [7, 11) is 2.12. The van der Waals surface area contributed by atoms with E-state index in [1.54, 1.807) is 0 Å². The molecule has 0 aliphatic heterocycles. The number of imidazole rings is 1. The number of aryl methyl sites for hydroxylation is 3. The lowest BCUT2D eigenvalue weighted by Crippen LogP contribution is -2.30. The van der Waals surface area contributed by atoms with E-state index < -0.39 is 0 Å². The van der Waals surface area contributed by atoms with Gasteiger partial charge in [-0.3, -0.25) is 0 Å². The van der Waals surface area contributed by atoms with Crippen molar-refractivity contribution in [1.29, 1.82) is 0 Å². The van der Waals surface area contributed by atoms with Gasteiger partial charge in [-0.25, -0.2) is 9.55 Å². The van der Waals surface area contributed by atoms with Crippen molar-refractivity contribution in [1.82, 2.24) is 9.55 Å². The number of hydrogen-bond donors (Lipinski definition) is 0. The van der Waals surface area contributed by atoms with Crippen LogP contribution in [0.4, 0.5) is 0 Å². The number of aromatic nitrogens is 3. The van der Waals surface area contributed by atoms with Crippen LogP contribution in [0.2, 0.25) is 0 Å². The highest BCUT2D eigenvalue weighted by Gasteiger charge is 2.30. The van der Waals surface area contributed by atoms with Crippen molar-refractivity contribution >= 4 is 22.1 Å². The summed E-state index contributed by atoms with van der Waals surface area (Å²) in [5.74, 6) is 1.77. The molecule has 4 heteroatoms. The van der Waals surface area contributed by atoms with E-state index in [2.05, 4.69) is 103 Å². The first kappa shape index (κ1) is 19.6. The van der Waals surface area contributed by atoms with Gasteiger partial charge in [0.2, 0.25) is 0 Å². The second-order valence-electron chi connectivity index (χ2n) is 9.34. The molecule has 0 amide bonds. The normalized spacial score (nSPS) is 12.2. The van der Waals surface area contributed by atoms with E-state index in [4.69, 9.17) is 4.42 Å². The van der Waals surface area contributed by atoms with Crippen LogP contribution in [-0.2, 0) is 12.5 Å². The molecule has 0 saturated heterocycles. The summed E-state index contributed by atoms with van der Waals surface area (Å²) in [5.41, 5.74) is 8.87. The Labute approximate surface area is 182 Å². The van der Waals surface area contributed by atoms with Crippen molar-refractivity contribution in [2.24, 2.45) is 7.05 Å². The lowest BCUT2D eigenvalue weighted by Gasteiger charge is -2.18. The number of fused-ring (bicyclic) bond motifs is 2. The highest BCUT2D eigenvalue weighted by Crippen LogP contribution is 2.35. The lowest BCUT2D eigenvalue weighted by molar-refractivity contribution is -0.633. The van der Waals surface area contributed by atoms with Gasteiger partial charge in [-0.2, -0.15) is 4.57 Å². The Kier molecular flexibility index (Phi) is 4.30. The van der Waals surface area contributed by atoms with Crippen LogP contribution in [0.1, 0.15) is 37.8 Å². The SMILES string of the molecule is Cc1nc2ccc(C)c(-c3n(-c4ccc(C(C)(C)C)cc4)c4ccccc4[n+]3C)c2o1. The monoisotopic (exact) mass is 410 g/mol. The number of hydrogen-bond acceptors (Lipinski definition) is 2. The Hall–Kier alpha value is -3.40. The number of rotatable bonds is 2. The molecule has 156 valence electrons. The first-order valence-corrected chi connectivity index (χ1v) is 10.7. The maximum atomic E-state index is 6.10. The van der Waals surface area contributed by atoms with Gasteiger partial charge >= 0.3 is 0 Å². The van der Waals surface area contributed by atoms with Crippen LogP contribution in [-0.4, -0.2) is 9.55 Å². The van der Waals surface area contributed by atoms with Gasteiger partial charge in [0.15, 0.2) is 22.5 Å². The van der Waals surface area contributed by atoms with Crippen LogP contribution in [0, 0.1) is 13.8 Å². The summed E-state index contributed by atoms with van der Waals surface area (Å²) in [6.07, 6.45) is 0. The molecular weight excluding hydrogens is 382 g/mol. The summed E-state index contributed by atoms with van der Waals surface area (Å²) >= 11 is 0. The van der Waals surface area contributed by atoms with Gasteiger partial charge in [-0.05, 0) is 53.8 Å².